The summed E-state index contributed by atoms with van der Waals surface area (Å²) in [5.74, 6) is 0.215. The number of aliphatic hydroxyl groups excluding tert-OH is 1. The van der Waals surface area contributed by atoms with E-state index in [4.69, 9.17) is 15.7 Å². The third kappa shape index (κ3) is 3.60. The van der Waals surface area contributed by atoms with Gasteiger partial charge in [-0.05, 0) is 44.2 Å². The lowest BCUT2D eigenvalue weighted by atomic mass is 9.84. The molecule has 0 saturated heterocycles. The number of anilines is 1. The van der Waals surface area contributed by atoms with Crippen LogP contribution in [0.15, 0.2) is 47.5 Å². The average molecular weight is 406 g/mol. The van der Waals surface area contributed by atoms with E-state index in [1.807, 2.05) is 6.07 Å². The highest BCUT2D eigenvalue weighted by Gasteiger charge is 2.46. The van der Waals surface area contributed by atoms with Gasteiger partial charge in [0.25, 0.3) is 5.69 Å². The van der Waals surface area contributed by atoms with Crippen molar-refractivity contribution in [3.05, 3.63) is 63.7 Å². The third-order valence-corrected chi connectivity index (χ3v) is 4.87. The molecule has 152 valence electrons. The summed E-state index contributed by atoms with van der Waals surface area (Å²) in [4.78, 5) is 15.5. The van der Waals surface area contributed by atoms with Crippen molar-refractivity contribution in [2.45, 2.75) is 31.6 Å². The summed E-state index contributed by atoms with van der Waals surface area (Å²) in [7, 11) is 0. The van der Waals surface area contributed by atoms with E-state index in [9.17, 15) is 20.5 Å². The summed E-state index contributed by atoms with van der Waals surface area (Å²) < 4.78 is 5.92. The Hall–Kier alpha value is -4.15. The molecule has 0 amide bonds. The molecular weight excluding hydrogens is 388 g/mol. The number of hydrogen-bond acceptors (Lipinski definition) is 7. The molecule has 10 nitrogen and oxygen atoms in total. The van der Waals surface area contributed by atoms with Gasteiger partial charge < -0.3 is 20.5 Å². The number of nitro benzene ring substituents is 1. The van der Waals surface area contributed by atoms with Gasteiger partial charge in [-0.15, -0.1) is 4.99 Å². The Kier molecular flexibility index (Phi) is 5.28. The molecule has 0 radical (unpaired) electrons. The van der Waals surface area contributed by atoms with Crippen molar-refractivity contribution in [2.24, 2.45) is 10.7 Å². The van der Waals surface area contributed by atoms with Gasteiger partial charge in [0.2, 0.25) is 12.2 Å². The predicted octanol–water partition coefficient (Wildman–Crippen LogP) is 2.34. The molecule has 1 aliphatic heterocycles. The van der Waals surface area contributed by atoms with Crippen molar-refractivity contribution in [2.75, 3.05) is 4.90 Å². The van der Waals surface area contributed by atoms with Crippen LogP contribution in [0.4, 0.5) is 11.4 Å². The van der Waals surface area contributed by atoms with E-state index in [2.05, 4.69) is 4.99 Å². The van der Waals surface area contributed by atoms with Gasteiger partial charge in [-0.3, -0.25) is 10.1 Å². The van der Waals surface area contributed by atoms with Crippen LogP contribution in [-0.4, -0.2) is 27.7 Å². The van der Waals surface area contributed by atoms with Crippen molar-refractivity contribution in [1.82, 2.24) is 0 Å². The third-order valence-electron chi connectivity index (χ3n) is 4.87. The van der Waals surface area contributed by atoms with Crippen molar-refractivity contribution in [3.8, 4) is 18.0 Å². The molecule has 3 N–H and O–H groups in total. The molecule has 3 rings (SSSR count). The predicted molar refractivity (Wildman–Crippen MR) is 107 cm³/mol. The molecule has 2 aromatic rings. The number of nitrogens with zero attached hydrogens (tertiary/aromatic N) is 5. The highest BCUT2D eigenvalue weighted by atomic mass is 16.6. The average Bonchev–Trinajstić information content (AvgIpc) is 2.71. The van der Waals surface area contributed by atoms with Crippen molar-refractivity contribution < 1.29 is 14.8 Å². The Bertz CT molecular complexity index is 1100. The van der Waals surface area contributed by atoms with Gasteiger partial charge >= 0.3 is 0 Å². The molecule has 10 heteroatoms. The van der Waals surface area contributed by atoms with E-state index in [1.54, 1.807) is 38.2 Å². The number of fused-ring (bicyclic) bond motifs is 1. The maximum Gasteiger partial charge on any atom is 0.269 e. The number of nitro groups is 1. The van der Waals surface area contributed by atoms with Crippen LogP contribution in [-0.2, 0) is 0 Å². The molecule has 0 aromatic heterocycles. The SMILES string of the molecule is CC1(C)Oc2ccc(C#N)cc2[C@H](N(C(N)=NC#N)c2ccc([N+](=O)[O-])cc2)[C@H]1O. The second kappa shape index (κ2) is 7.70. The maximum atomic E-state index is 11.1. The van der Waals surface area contributed by atoms with E-state index in [-0.39, 0.29) is 11.6 Å². The number of guanidine groups is 1. The number of benzene rings is 2. The molecule has 0 spiro atoms. The Balaban J connectivity index is 2.24. The molecule has 2 aromatic carbocycles. The fourth-order valence-electron chi connectivity index (χ4n) is 3.39. The number of aliphatic hydroxyl groups is 1. The first-order chi connectivity index (χ1) is 14.2. The molecular formula is C20H18N6O4. The standard InChI is InChI=1S/C20H18N6O4/c1-20(2)18(27)17(15-9-12(10-21)3-8-16(15)30-20)25(19(23)24-11-22)13-4-6-14(7-5-13)26(28)29/h3-9,17-18,27H,1-2H3,(H2,23,24)/t17-,18+/m0/s1. The first-order valence-electron chi connectivity index (χ1n) is 8.86. The fraction of sp³-hybridized carbons (Fsp3) is 0.250. The summed E-state index contributed by atoms with van der Waals surface area (Å²) in [6, 6.07) is 11.4. The lowest BCUT2D eigenvalue weighted by molar-refractivity contribution is -0.384. The Morgan fingerprint density at radius 2 is 1.97 bits per heavy atom. The number of nitriles is 2. The Morgan fingerprint density at radius 3 is 2.53 bits per heavy atom. The number of non-ortho nitro benzene ring substituents is 1. The van der Waals surface area contributed by atoms with Crippen LogP contribution >= 0.6 is 0 Å². The molecule has 1 aliphatic rings. The van der Waals surface area contributed by atoms with Crippen LogP contribution in [0.1, 0.15) is 31.0 Å². The van der Waals surface area contributed by atoms with Crippen LogP contribution in [0.5, 0.6) is 5.75 Å². The number of hydrogen-bond donors (Lipinski definition) is 2. The second-order valence-corrected chi connectivity index (χ2v) is 7.17. The van der Waals surface area contributed by atoms with E-state index < -0.39 is 22.7 Å². The largest absolute Gasteiger partial charge is 0.485 e. The van der Waals surface area contributed by atoms with Crippen LogP contribution in [0.25, 0.3) is 0 Å². The summed E-state index contributed by atoms with van der Waals surface area (Å²) >= 11 is 0. The maximum absolute atomic E-state index is 11.1. The highest BCUT2D eigenvalue weighted by molar-refractivity contribution is 5.96. The summed E-state index contributed by atoms with van der Waals surface area (Å²) in [5.41, 5.74) is 6.07. The number of aliphatic imine (C=N–C) groups is 1. The number of nitrogens with two attached hydrogens (primary N) is 1. The molecule has 0 saturated carbocycles. The zero-order valence-corrected chi connectivity index (χ0v) is 16.2. The Labute approximate surface area is 172 Å². The molecule has 0 aliphatic carbocycles. The van der Waals surface area contributed by atoms with Crippen LogP contribution < -0.4 is 15.4 Å². The Morgan fingerprint density at radius 1 is 1.30 bits per heavy atom. The zero-order valence-electron chi connectivity index (χ0n) is 16.2. The summed E-state index contributed by atoms with van der Waals surface area (Å²) in [5, 5.41) is 40.5. The highest BCUT2D eigenvalue weighted by Crippen LogP contribution is 2.44. The second-order valence-electron chi connectivity index (χ2n) is 7.17. The molecule has 2 atom stereocenters. The lowest BCUT2D eigenvalue weighted by Gasteiger charge is -2.46. The zero-order chi connectivity index (χ0) is 22.1. The minimum atomic E-state index is -1.15. The van der Waals surface area contributed by atoms with Gasteiger partial charge in [-0.25, -0.2) is 0 Å². The normalized spacial score (nSPS) is 19.6. The molecule has 1 heterocycles. The van der Waals surface area contributed by atoms with Gasteiger partial charge in [0, 0.05) is 23.4 Å². The first kappa shape index (κ1) is 20.6. The topological polar surface area (TPSA) is 162 Å². The van der Waals surface area contributed by atoms with Crippen molar-refractivity contribution in [3.63, 3.8) is 0 Å². The molecule has 0 fully saturated rings. The molecule has 30 heavy (non-hydrogen) atoms. The van der Waals surface area contributed by atoms with Crippen molar-refractivity contribution >= 4 is 17.3 Å². The van der Waals surface area contributed by atoms with Gasteiger partial charge in [0.15, 0.2) is 0 Å². The van der Waals surface area contributed by atoms with Gasteiger partial charge in [-0.2, -0.15) is 10.5 Å². The van der Waals surface area contributed by atoms with Crippen LogP contribution in [0.2, 0.25) is 0 Å². The van der Waals surface area contributed by atoms with Gasteiger partial charge in [-0.1, -0.05) is 0 Å². The first-order valence-corrected chi connectivity index (χ1v) is 8.86. The minimum absolute atomic E-state index is 0.130. The van der Waals surface area contributed by atoms with Crippen LogP contribution in [0, 0.1) is 32.9 Å². The van der Waals surface area contributed by atoms with Crippen molar-refractivity contribution in [1.29, 1.82) is 10.5 Å². The van der Waals surface area contributed by atoms with E-state index >= 15 is 0 Å². The smallest absolute Gasteiger partial charge is 0.269 e. The van der Waals surface area contributed by atoms with E-state index in [1.165, 1.54) is 29.2 Å². The molecule has 0 unspecified atom stereocenters. The van der Waals surface area contributed by atoms with E-state index in [0.717, 1.165) is 0 Å². The van der Waals surface area contributed by atoms with E-state index in [0.29, 0.717) is 22.6 Å². The quantitative estimate of drug-likeness (QED) is 0.258. The fourth-order valence-corrected chi connectivity index (χ4v) is 3.39. The minimum Gasteiger partial charge on any atom is -0.485 e. The molecule has 0 bridgehead atoms. The number of ether oxygens (including phenoxy) is 1. The van der Waals surface area contributed by atoms with Crippen LogP contribution in [0.3, 0.4) is 0 Å². The summed E-state index contributed by atoms with van der Waals surface area (Å²) in [6.07, 6.45) is 0.465. The van der Waals surface area contributed by atoms with Gasteiger partial charge in [0.05, 0.1) is 22.6 Å². The monoisotopic (exact) mass is 406 g/mol. The lowest BCUT2D eigenvalue weighted by Crippen LogP contribution is -2.56. The summed E-state index contributed by atoms with van der Waals surface area (Å²) in [6.45, 7) is 3.38. The number of rotatable bonds is 3. The van der Waals surface area contributed by atoms with Gasteiger partial charge in [0.1, 0.15) is 17.5 Å².